The zero-order valence-corrected chi connectivity index (χ0v) is 18.7. The Kier molecular flexibility index (Phi) is 7.74. The third-order valence-corrected chi connectivity index (χ3v) is 5.96. The number of alkyl halides is 3. The van der Waals surface area contributed by atoms with E-state index in [9.17, 15) is 32.3 Å². The van der Waals surface area contributed by atoms with Crippen molar-refractivity contribution in [2.45, 2.75) is 38.1 Å². The quantitative estimate of drug-likeness (QED) is 0.374. The van der Waals surface area contributed by atoms with E-state index < -0.39 is 40.9 Å². The molecule has 0 bridgehead atoms. The lowest BCUT2D eigenvalue weighted by Crippen LogP contribution is -2.24. The predicted molar refractivity (Wildman–Crippen MR) is 116 cm³/mol. The van der Waals surface area contributed by atoms with Gasteiger partial charge in [0.2, 0.25) is 5.78 Å². The molecule has 2 aromatic rings. The first-order valence-corrected chi connectivity index (χ1v) is 10.7. The molecule has 1 aromatic carbocycles. The van der Waals surface area contributed by atoms with Crippen LogP contribution >= 0.6 is 11.6 Å². The van der Waals surface area contributed by atoms with Gasteiger partial charge >= 0.3 is 6.18 Å². The minimum Gasteiger partial charge on any atom is -0.400 e. The Hall–Kier alpha value is -2.82. The van der Waals surface area contributed by atoms with Gasteiger partial charge in [-0.2, -0.15) is 13.2 Å². The number of rotatable bonds is 4. The van der Waals surface area contributed by atoms with Crippen LogP contribution in [-0.2, 0) is 23.9 Å². The molecule has 4 rings (SSSR count). The molecule has 2 unspecified atom stereocenters. The van der Waals surface area contributed by atoms with Crippen molar-refractivity contribution in [1.29, 1.82) is 0 Å². The smallest absolute Gasteiger partial charge is 0.400 e. The van der Waals surface area contributed by atoms with Crippen LogP contribution in [0.2, 0.25) is 5.02 Å². The zero-order chi connectivity index (χ0) is 25.2. The van der Waals surface area contributed by atoms with Crippen molar-refractivity contribution in [2.24, 2.45) is 5.92 Å². The summed E-state index contributed by atoms with van der Waals surface area (Å²) < 4.78 is 57.0. The molecule has 1 aliphatic carbocycles. The van der Waals surface area contributed by atoms with Gasteiger partial charge in [-0.3, -0.25) is 4.79 Å². The maximum absolute atomic E-state index is 14.9. The molecule has 34 heavy (non-hydrogen) atoms. The van der Waals surface area contributed by atoms with Crippen LogP contribution in [0.5, 0.6) is 0 Å². The first kappa shape index (κ1) is 25.8. The molecule has 0 fully saturated rings. The number of aliphatic hydroxyl groups excluding tert-OH is 2. The van der Waals surface area contributed by atoms with Gasteiger partial charge in [0, 0.05) is 24.9 Å². The first-order chi connectivity index (χ1) is 16.1. The number of aldehydes is 1. The molecule has 0 spiro atoms. The van der Waals surface area contributed by atoms with Gasteiger partial charge in [-0.05, 0) is 31.4 Å². The number of benzene rings is 1. The van der Waals surface area contributed by atoms with E-state index in [0.717, 1.165) is 19.2 Å². The highest BCUT2D eigenvalue weighted by Crippen LogP contribution is 2.38. The molecule has 11 heteroatoms. The summed E-state index contributed by atoms with van der Waals surface area (Å²) in [5.74, 6) is -3.35. The van der Waals surface area contributed by atoms with E-state index in [0.29, 0.717) is 37.8 Å². The SMILES string of the molecule is CO.O=CC1C=CC(c2nc(C(=O)c3c(Cl)cccc3C(F)(F)F)n3c2CCCC3)=C(F)C1O. The number of hydrogen-bond donors (Lipinski definition) is 2. The summed E-state index contributed by atoms with van der Waals surface area (Å²) in [6.07, 6.45) is -1.70. The molecule has 1 aromatic heterocycles. The lowest BCUT2D eigenvalue weighted by Gasteiger charge is -2.21. The summed E-state index contributed by atoms with van der Waals surface area (Å²) in [6.45, 7) is 0.313. The van der Waals surface area contributed by atoms with Crippen LogP contribution in [-0.4, -0.2) is 45.0 Å². The Morgan fingerprint density at radius 2 is 1.97 bits per heavy atom. The lowest BCUT2D eigenvalue weighted by atomic mass is 9.91. The van der Waals surface area contributed by atoms with Gasteiger partial charge in [0.1, 0.15) is 18.2 Å². The van der Waals surface area contributed by atoms with E-state index in [1.54, 1.807) is 0 Å². The van der Waals surface area contributed by atoms with Crippen molar-refractivity contribution in [3.8, 4) is 0 Å². The highest BCUT2D eigenvalue weighted by Gasteiger charge is 2.39. The van der Waals surface area contributed by atoms with Gasteiger partial charge in [-0.1, -0.05) is 29.8 Å². The number of aromatic nitrogens is 2. The van der Waals surface area contributed by atoms with Gasteiger partial charge in [-0.25, -0.2) is 9.37 Å². The highest BCUT2D eigenvalue weighted by atomic mass is 35.5. The number of hydrogen-bond acceptors (Lipinski definition) is 5. The fourth-order valence-corrected chi connectivity index (χ4v) is 4.33. The monoisotopic (exact) mass is 500 g/mol. The van der Waals surface area contributed by atoms with Crippen LogP contribution in [0.15, 0.2) is 36.2 Å². The summed E-state index contributed by atoms with van der Waals surface area (Å²) >= 11 is 5.99. The fourth-order valence-electron chi connectivity index (χ4n) is 4.07. The third kappa shape index (κ3) is 4.57. The van der Waals surface area contributed by atoms with Crippen molar-refractivity contribution >= 4 is 29.2 Å². The Balaban J connectivity index is 0.00000158. The van der Waals surface area contributed by atoms with E-state index >= 15 is 0 Å². The second-order valence-electron chi connectivity index (χ2n) is 7.61. The number of aliphatic hydroxyl groups is 2. The van der Waals surface area contributed by atoms with Gasteiger partial charge in [0.15, 0.2) is 5.82 Å². The van der Waals surface area contributed by atoms with Gasteiger partial charge < -0.3 is 19.6 Å². The lowest BCUT2D eigenvalue weighted by molar-refractivity contribution is -0.137. The van der Waals surface area contributed by atoms with Crippen LogP contribution in [0.25, 0.3) is 5.57 Å². The topological polar surface area (TPSA) is 92.4 Å². The number of halogens is 5. The standard InChI is InChI=1S/C22H17ClF4N2O3.CH4O/c23-14-5-3-4-13(22(25,26)27)16(14)20(32)21-28-18(15-6-1-2-9-29(15)21)12-8-7-11(10-30)19(31)17(12)24;1-2/h3-5,7-8,10-11,19,31H,1-2,6,9H2;2H,1H3. The minimum atomic E-state index is -4.81. The zero-order valence-electron chi connectivity index (χ0n) is 17.9. The van der Waals surface area contributed by atoms with E-state index in [4.69, 9.17) is 16.7 Å². The number of nitrogens with zero attached hydrogens (tertiary/aromatic N) is 2. The number of fused-ring (bicyclic) bond motifs is 1. The van der Waals surface area contributed by atoms with Gasteiger partial charge in [0.05, 0.1) is 27.8 Å². The number of carbonyl (C=O) groups is 2. The first-order valence-electron chi connectivity index (χ1n) is 10.3. The molecule has 0 radical (unpaired) electrons. The molecule has 0 saturated heterocycles. The van der Waals surface area contributed by atoms with Crippen molar-refractivity contribution in [3.63, 3.8) is 0 Å². The van der Waals surface area contributed by atoms with Crippen LogP contribution in [0, 0.1) is 5.92 Å². The highest BCUT2D eigenvalue weighted by molar-refractivity contribution is 6.35. The maximum atomic E-state index is 14.9. The molecule has 0 amide bonds. The second kappa shape index (κ2) is 10.2. The van der Waals surface area contributed by atoms with E-state index in [1.807, 2.05) is 0 Å². The molecule has 2 atom stereocenters. The van der Waals surface area contributed by atoms with Gasteiger partial charge in [0.25, 0.3) is 0 Å². The van der Waals surface area contributed by atoms with Crippen LogP contribution in [0.1, 0.15) is 46.0 Å². The van der Waals surface area contributed by atoms with Crippen LogP contribution in [0.4, 0.5) is 17.6 Å². The molecule has 2 aliphatic rings. The molecule has 6 nitrogen and oxygen atoms in total. The molecular weight excluding hydrogens is 480 g/mol. The molecule has 1 aliphatic heterocycles. The van der Waals surface area contributed by atoms with Crippen LogP contribution < -0.4 is 0 Å². The average molecular weight is 501 g/mol. The molecular formula is C23H21ClF4N2O4. The molecule has 2 N–H and O–H groups in total. The van der Waals surface area contributed by atoms with E-state index in [-0.39, 0.29) is 22.1 Å². The predicted octanol–water partition coefficient (Wildman–Crippen LogP) is 4.16. The van der Waals surface area contributed by atoms with Crippen molar-refractivity contribution < 1.29 is 37.4 Å². The van der Waals surface area contributed by atoms with Crippen molar-refractivity contribution in [1.82, 2.24) is 9.55 Å². The Bertz CT molecular complexity index is 1170. The fraction of sp³-hybridized carbons (Fsp3) is 0.348. The average Bonchev–Trinajstić information content (AvgIpc) is 3.20. The second-order valence-corrected chi connectivity index (χ2v) is 8.01. The summed E-state index contributed by atoms with van der Waals surface area (Å²) in [4.78, 5) is 28.5. The number of ketones is 1. The maximum Gasteiger partial charge on any atom is 0.417 e. The third-order valence-electron chi connectivity index (χ3n) is 5.65. The van der Waals surface area contributed by atoms with Crippen molar-refractivity contribution in [3.05, 3.63) is 69.5 Å². The molecule has 0 saturated carbocycles. The van der Waals surface area contributed by atoms with Gasteiger partial charge in [-0.15, -0.1) is 0 Å². The summed E-state index contributed by atoms with van der Waals surface area (Å²) in [5, 5.41) is 16.7. The summed E-state index contributed by atoms with van der Waals surface area (Å²) in [5.41, 5.74) is -1.47. The Morgan fingerprint density at radius 1 is 1.26 bits per heavy atom. The number of allylic oxidation sites excluding steroid dienone is 2. The minimum absolute atomic E-state index is 0.0609. The Labute approximate surface area is 197 Å². The summed E-state index contributed by atoms with van der Waals surface area (Å²) in [6, 6.07) is 3.06. The van der Waals surface area contributed by atoms with E-state index in [2.05, 4.69) is 4.98 Å². The number of carbonyl (C=O) groups excluding carboxylic acids is 2. The van der Waals surface area contributed by atoms with E-state index in [1.165, 1.54) is 22.8 Å². The normalized spacial score (nSPS) is 19.9. The summed E-state index contributed by atoms with van der Waals surface area (Å²) in [7, 11) is 1.00. The Morgan fingerprint density at radius 3 is 2.62 bits per heavy atom. The molecule has 2 heterocycles. The number of imidazole rings is 1. The van der Waals surface area contributed by atoms with Crippen molar-refractivity contribution in [2.75, 3.05) is 7.11 Å². The van der Waals surface area contributed by atoms with Crippen LogP contribution in [0.3, 0.4) is 0 Å². The largest absolute Gasteiger partial charge is 0.417 e. The molecule has 182 valence electrons.